The van der Waals surface area contributed by atoms with Crippen molar-refractivity contribution in [2.24, 2.45) is 29.1 Å². The van der Waals surface area contributed by atoms with Gasteiger partial charge in [0.25, 0.3) is 0 Å². The summed E-state index contributed by atoms with van der Waals surface area (Å²) in [4.78, 5) is 11.5. The normalized spacial score (nSPS) is 45.3. The molecular formula is C20H27ClO2. The molecule has 0 saturated heterocycles. The van der Waals surface area contributed by atoms with Gasteiger partial charge in [-0.15, -0.1) is 0 Å². The van der Waals surface area contributed by atoms with Crippen LogP contribution in [0.2, 0.25) is 0 Å². The molecule has 2 fully saturated rings. The predicted molar refractivity (Wildman–Crippen MR) is 92.0 cm³/mol. The van der Waals surface area contributed by atoms with E-state index in [4.69, 9.17) is 16.3 Å². The van der Waals surface area contributed by atoms with Crippen LogP contribution in [0.1, 0.15) is 58.8 Å². The van der Waals surface area contributed by atoms with Crippen molar-refractivity contribution in [3.8, 4) is 0 Å². The number of rotatable bonds is 1. The highest BCUT2D eigenvalue weighted by Crippen LogP contribution is 2.61. The largest absolute Gasteiger partial charge is 0.462 e. The van der Waals surface area contributed by atoms with E-state index in [2.05, 4.69) is 19.1 Å². The van der Waals surface area contributed by atoms with Gasteiger partial charge in [0.2, 0.25) is 0 Å². The Morgan fingerprint density at radius 1 is 1.26 bits per heavy atom. The van der Waals surface area contributed by atoms with E-state index < -0.39 is 0 Å². The van der Waals surface area contributed by atoms with E-state index in [9.17, 15) is 4.79 Å². The first-order chi connectivity index (χ1) is 11.0. The van der Waals surface area contributed by atoms with Gasteiger partial charge >= 0.3 is 5.97 Å². The number of fused-ring (bicyclic) bond motifs is 5. The molecule has 23 heavy (non-hydrogen) atoms. The Kier molecular flexibility index (Phi) is 3.87. The molecule has 4 aliphatic carbocycles. The molecule has 126 valence electrons. The molecule has 0 aromatic rings. The van der Waals surface area contributed by atoms with E-state index in [1.165, 1.54) is 37.7 Å². The summed E-state index contributed by atoms with van der Waals surface area (Å²) in [6.45, 7) is 3.93. The third kappa shape index (κ3) is 2.49. The van der Waals surface area contributed by atoms with Gasteiger partial charge < -0.3 is 4.74 Å². The highest BCUT2D eigenvalue weighted by Gasteiger charge is 2.56. The van der Waals surface area contributed by atoms with Gasteiger partial charge in [-0.05, 0) is 80.3 Å². The van der Waals surface area contributed by atoms with Crippen LogP contribution in [0.4, 0.5) is 0 Å². The molecule has 0 aromatic heterocycles. The molecule has 6 atom stereocenters. The second kappa shape index (κ2) is 5.65. The van der Waals surface area contributed by atoms with Crippen LogP contribution in [0.5, 0.6) is 0 Å². The first kappa shape index (κ1) is 15.7. The number of halogens is 1. The Morgan fingerprint density at radius 3 is 2.87 bits per heavy atom. The van der Waals surface area contributed by atoms with Crippen molar-refractivity contribution in [1.29, 1.82) is 0 Å². The summed E-state index contributed by atoms with van der Waals surface area (Å²) < 4.78 is 5.70. The highest BCUT2D eigenvalue weighted by molar-refractivity contribution is 6.29. The van der Waals surface area contributed by atoms with Crippen molar-refractivity contribution in [2.45, 2.75) is 64.9 Å². The van der Waals surface area contributed by atoms with Gasteiger partial charge in [-0.3, -0.25) is 4.79 Å². The van der Waals surface area contributed by atoms with Gasteiger partial charge in [-0.2, -0.15) is 0 Å². The van der Waals surface area contributed by atoms with Crippen molar-refractivity contribution in [3.05, 3.63) is 22.8 Å². The Balaban J connectivity index is 1.59. The lowest BCUT2D eigenvalue weighted by Crippen LogP contribution is -2.47. The van der Waals surface area contributed by atoms with Crippen molar-refractivity contribution in [3.63, 3.8) is 0 Å². The summed E-state index contributed by atoms with van der Waals surface area (Å²) in [5, 5.41) is 1.03. The van der Waals surface area contributed by atoms with Crippen LogP contribution >= 0.6 is 11.6 Å². The van der Waals surface area contributed by atoms with E-state index >= 15 is 0 Å². The van der Waals surface area contributed by atoms with Gasteiger partial charge in [0, 0.05) is 17.4 Å². The summed E-state index contributed by atoms with van der Waals surface area (Å²) in [6.07, 6.45) is 13.0. The number of hydrogen-bond donors (Lipinski definition) is 0. The fourth-order valence-corrected chi connectivity index (χ4v) is 6.50. The minimum Gasteiger partial charge on any atom is -0.462 e. The molecule has 4 rings (SSSR count). The number of carbonyl (C=O) groups is 1. The van der Waals surface area contributed by atoms with Crippen molar-refractivity contribution >= 4 is 17.6 Å². The standard InChI is InChI=1S/C20H27ClO2/c1-12(22)23-19-8-7-18-17-5-3-13-11-14(21)4-6-15(13)16(17)9-10-20(18,19)2/h3,11,15-19H,4-10H2,1-2H3/t15-,16+,17+,18-,19-,20-/m0/s1. The summed E-state index contributed by atoms with van der Waals surface area (Å²) in [5.41, 5.74) is 1.70. The monoisotopic (exact) mass is 334 g/mol. The summed E-state index contributed by atoms with van der Waals surface area (Å²) in [5.74, 6) is 2.90. The third-order valence-electron chi connectivity index (χ3n) is 7.30. The fourth-order valence-electron chi connectivity index (χ4n) is 6.27. The lowest BCUT2D eigenvalue weighted by molar-refractivity contribution is -0.155. The van der Waals surface area contributed by atoms with Crippen LogP contribution in [0.3, 0.4) is 0 Å². The summed E-state index contributed by atoms with van der Waals surface area (Å²) >= 11 is 6.26. The number of carbonyl (C=O) groups excluding carboxylic acids is 1. The smallest absolute Gasteiger partial charge is 0.302 e. The van der Waals surface area contributed by atoms with Crippen LogP contribution in [0.15, 0.2) is 22.8 Å². The van der Waals surface area contributed by atoms with Crippen LogP contribution < -0.4 is 0 Å². The number of hydrogen-bond acceptors (Lipinski definition) is 2. The maximum atomic E-state index is 11.5. The summed E-state index contributed by atoms with van der Waals surface area (Å²) in [7, 11) is 0. The number of esters is 1. The molecule has 0 heterocycles. The quantitative estimate of drug-likeness (QED) is 0.614. The molecule has 0 unspecified atom stereocenters. The molecular weight excluding hydrogens is 308 g/mol. The second-order valence-corrected chi connectivity index (χ2v) is 8.82. The topological polar surface area (TPSA) is 26.3 Å². The van der Waals surface area contributed by atoms with Crippen molar-refractivity contribution < 1.29 is 9.53 Å². The lowest BCUT2D eigenvalue weighted by atomic mass is 9.53. The minimum atomic E-state index is -0.114. The maximum Gasteiger partial charge on any atom is 0.302 e. The Labute approximate surface area is 144 Å². The second-order valence-electron chi connectivity index (χ2n) is 8.33. The minimum absolute atomic E-state index is 0.114. The zero-order chi connectivity index (χ0) is 16.2. The van der Waals surface area contributed by atoms with Crippen LogP contribution in [-0.2, 0) is 9.53 Å². The summed E-state index contributed by atoms with van der Waals surface area (Å²) in [6, 6.07) is 0. The van der Waals surface area contributed by atoms with Gasteiger partial charge in [-0.25, -0.2) is 0 Å². The predicted octanol–water partition coefficient (Wildman–Crippen LogP) is 5.22. The molecule has 0 spiro atoms. The Hall–Kier alpha value is -0.760. The zero-order valence-corrected chi connectivity index (χ0v) is 14.9. The first-order valence-corrected chi connectivity index (χ1v) is 9.60. The van der Waals surface area contributed by atoms with E-state index in [1.807, 2.05) is 0 Å². The molecule has 2 nitrogen and oxygen atoms in total. The average molecular weight is 335 g/mol. The highest BCUT2D eigenvalue weighted by atomic mass is 35.5. The zero-order valence-electron chi connectivity index (χ0n) is 14.2. The Morgan fingerprint density at radius 2 is 2.09 bits per heavy atom. The lowest BCUT2D eigenvalue weighted by Gasteiger charge is -2.52. The maximum absolute atomic E-state index is 11.5. The van der Waals surface area contributed by atoms with Gasteiger partial charge in [-0.1, -0.05) is 24.6 Å². The van der Waals surface area contributed by atoms with Gasteiger partial charge in [0.05, 0.1) is 0 Å². The van der Waals surface area contributed by atoms with Gasteiger partial charge in [0.1, 0.15) is 6.10 Å². The molecule has 0 bridgehead atoms. The Bertz CT molecular complexity index is 578. The molecule has 2 saturated carbocycles. The first-order valence-electron chi connectivity index (χ1n) is 9.22. The fraction of sp³-hybridized carbons (Fsp3) is 0.750. The van der Waals surface area contributed by atoms with Gasteiger partial charge in [0.15, 0.2) is 0 Å². The van der Waals surface area contributed by atoms with Crippen molar-refractivity contribution in [2.75, 3.05) is 0 Å². The molecule has 0 amide bonds. The third-order valence-corrected chi connectivity index (χ3v) is 7.60. The number of ether oxygens (including phenoxy) is 1. The average Bonchev–Trinajstić information content (AvgIpc) is 2.83. The molecule has 0 aromatic carbocycles. The van der Waals surface area contributed by atoms with E-state index in [0.717, 1.165) is 29.7 Å². The molecule has 4 aliphatic rings. The van der Waals surface area contributed by atoms with E-state index in [-0.39, 0.29) is 17.5 Å². The van der Waals surface area contributed by atoms with Crippen molar-refractivity contribution in [1.82, 2.24) is 0 Å². The van der Waals surface area contributed by atoms with Crippen LogP contribution in [-0.4, -0.2) is 12.1 Å². The van der Waals surface area contributed by atoms with E-state index in [0.29, 0.717) is 11.8 Å². The molecule has 0 N–H and O–H groups in total. The molecule has 0 aliphatic heterocycles. The van der Waals surface area contributed by atoms with Crippen LogP contribution in [0, 0.1) is 29.1 Å². The van der Waals surface area contributed by atoms with Crippen LogP contribution in [0.25, 0.3) is 0 Å². The molecule has 3 heteroatoms. The number of allylic oxidation sites excluding steroid dienone is 4. The SMILES string of the molecule is CC(=O)O[C@H]1CC[C@H]2[C@@H]3CC=C4C=C(Cl)CC[C@@H]4[C@H]3CC[C@]12C. The molecule has 0 radical (unpaired) electrons. The van der Waals surface area contributed by atoms with E-state index in [1.54, 1.807) is 6.92 Å².